The molecule has 0 unspecified atom stereocenters. The fourth-order valence-corrected chi connectivity index (χ4v) is 1.90. The Balaban J connectivity index is 2.06. The molecular formula is C16H20N2O. The molecule has 2 aromatic carbocycles. The van der Waals surface area contributed by atoms with Gasteiger partial charge in [0.25, 0.3) is 0 Å². The summed E-state index contributed by atoms with van der Waals surface area (Å²) in [5.41, 5.74) is 8.96. The molecule has 2 rings (SSSR count). The molecule has 0 heterocycles. The van der Waals surface area contributed by atoms with Crippen LogP contribution in [0.4, 0.5) is 5.69 Å². The SMILES string of the molecule is CN(C)Cc1ccc(N)c(OCc2ccccc2)c1. The lowest BCUT2D eigenvalue weighted by Crippen LogP contribution is -2.11. The Morgan fingerprint density at radius 2 is 1.74 bits per heavy atom. The van der Waals surface area contributed by atoms with Crippen LogP contribution < -0.4 is 10.5 Å². The minimum atomic E-state index is 0.538. The molecular weight excluding hydrogens is 236 g/mol. The molecule has 3 nitrogen and oxygen atoms in total. The van der Waals surface area contributed by atoms with Crippen molar-refractivity contribution in [1.29, 1.82) is 0 Å². The maximum absolute atomic E-state index is 5.95. The normalized spacial score (nSPS) is 10.7. The molecule has 0 aliphatic carbocycles. The van der Waals surface area contributed by atoms with E-state index >= 15 is 0 Å². The first-order chi connectivity index (χ1) is 9.15. The minimum Gasteiger partial charge on any atom is -0.487 e. The van der Waals surface area contributed by atoms with Crippen molar-refractivity contribution in [3.05, 3.63) is 59.7 Å². The summed E-state index contributed by atoms with van der Waals surface area (Å²) in [4.78, 5) is 2.12. The van der Waals surface area contributed by atoms with Crippen molar-refractivity contribution >= 4 is 5.69 Å². The lowest BCUT2D eigenvalue weighted by atomic mass is 10.2. The fourth-order valence-electron chi connectivity index (χ4n) is 1.90. The topological polar surface area (TPSA) is 38.5 Å². The minimum absolute atomic E-state index is 0.538. The van der Waals surface area contributed by atoms with Crippen LogP contribution in [0.15, 0.2) is 48.5 Å². The second-order valence-electron chi connectivity index (χ2n) is 4.88. The van der Waals surface area contributed by atoms with Crippen LogP contribution >= 0.6 is 0 Å². The van der Waals surface area contributed by atoms with E-state index in [1.54, 1.807) is 0 Å². The number of nitrogens with zero attached hydrogens (tertiary/aromatic N) is 1. The lowest BCUT2D eigenvalue weighted by Gasteiger charge is -2.13. The van der Waals surface area contributed by atoms with Gasteiger partial charge in [-0.2, -0.15) is 0 Å². The first kappa shape index (κ1) is 13.4. The Hall–Kier alpha value is -2.00. The average molecular weight is 256 g/mol. The standard InChI is InChI=1S/C16H20N2O/c1-18(2)11-14-8-9-15(17)16(10-14)19-12-13-6-4-3-5-7-13/h3-10H,11-12,17H2,1-2H3. The summed E-state index contributed by atoms with van der Waals surface area (Å²) in [6.07, 6.45) is 0. The molecule has 19 heavy (non-hydrogen) atoms. The van der Waals surface area contributed by atoms with Crippen LogP contribution in [-0.4, -0.2) is 19.0 Å². The Morgan fingerprint density at radius 1 is 1.00 bits per heavy atom. The fraction of sp³-hybridized carbons (Fsp3) is 0.250. The zero-order chi connectivity index (χ0) is 13.7. The average Bonchev–Trinajstić information content (AvgIpc) is 2.40. The van der Waals surface area contributed by atoms with Crippen molar-refractivity contribution < 1.29 is 4.74 Å². The van der Waals surface area contributed by atoms with Gasteiger partial charge in [0.05, 0.1) is 5.69 Å². The van der Waals surface area contributed by atoms with E-state index in [1.807, 2.05) is 62.6 Å². The number of nitrogens with two attached hydrogens (primary N) is 1. The predicted molar refractivity (Wildman–Crippen MR) is 79.0 cm³/mol. The number of rotatable bonds is 5. The van der Waals surface area contributed by atoms with Crippen molar-refractivity contribution in [3.63, 3.8) is 0 Å². The predicted octanol–water partition coefficient (Wildman–Crippen LogP) is 2.91. The van der Waals surface area contributed by atoms with E-state index in [9.17, 15) is 0 Å². The van der Waals surface area contributed by atoms with Gasteiger partial charge in [-0.15, -0.1) is 0 Å². The van der Waals surface area contributed by atoms with Crippen molar-refractivity contribution in [2.24, 2.45) is 0 Å². The molecule has 0 fully saturated rings. The van der Waals surface area contributed by atoms with Crippen molar-refractivity contribution in [2.75, 3.05) is 19.8 Å². The molecule has 0 radical (unpaired) electrons. The summed E-state index contributed by atoms with van der Waals surface area (Å²) in [5.74, 6) is 0.753. The molecule has 0 spiro atoms. The number of benzene rings is 2. The van der Waals surface area contributed by atoms with Gasteiger partial charge in [0.1, 0.15) is 12.4 Å². The van der Waals surface area contributed by atoms with Gasteiger partial charge in [0.15, 0.2) is 0 Å². The number of anilines is 1. The van der Waals surface area contributed by atoms with Crippen LogP contribution in [0.3, 0.4) is 0 Å². The third-order valence-corrected chi connectivity index (χ3v) is 2.81. The van der Waals surface area contributed by atoms with Crippen LogP contribution in [0.2, 0.25) is 0 Å². The monoisotopic (exact) mass is 256 g/mol. The Kier molecular flexibility index (Phi) is 4.42. The highest BCUT2D eigenvalue weighted by Crippen LogP contribution is 2.24. The van der Waals surface area contributed by atoms with E-state index in [2.05, 4.69) is 4.90 Å². The van der Waals surface area contributed by atoms with Crippen molar-refractivity contribution in [1.82, 2.24) is 4.90 Å². The van der Waals surface area contributed by atoms with E-state index < -0.39 is 0 Å². The third-order valence-electron chi connectivity index (χ3n) is 2.81. The highest BCUT2D eigenvalue weighted by atomic mass is 16.5. The quantitative estimate of drug-likeness (QED) is 0.836. The van der Waals surface area contributed by atoms with E-state index in [4.69, 9.17) is 10.5 Å². The van der Waals surface area contributed by atoms with E-state index in [1.165, 1.54) is 5.56 Å². The maximum atomic E-state index is 5.95. The highest BCUT2D eigenvalue weighted by Gasteiger charge is 2.04. The molecule has 3 heteroatoms. The summed E-state index contributed by atoms with van der Waals surface area (Å²) in [6, 6.07) is 16.0. The van der Waals surface area contributed by atoms with Crippen molar-refractivity contribution in [2.45, 2.75) is 13.2 Å². The summed E-state index contributed by atoms with van der Waals surface area (Å²) in [7, 11) is 4.09. The molecule has 0 atom stereocenters. The van der Waals surface area contributed by atoms with Gasteiger partial charge in [0.2, 0.25) is 0 Å². The number of hydrogen-bond donors (Lipinski definition) is 1. The van der Waals surface area contributed by atoms with E-state index in [0.29, 0.717) is 12.3 Å². The largest absolute Gasteiger partial charge is 0.487 e. The summed E-state index contributed by atoms with van der Waals surface area (Å²) < 4.78 is 5.80. The lowest BCUT2D eigenvalue weighted by molar-refractivity contribution is 0.307. The van der Waals surface area contributed by atoms with Gasteiger partial charge < -0.3 is 15.4 Å². The number of nitrogen functional groups attached to an aromatic ring is 1. The van der Waals surface area contributed by atoms with Crippen LogP contribution in [0.5, 0.6) is 5.75 Å². The first-order valence-electron chi connectivity index (χ1n) is 6.35. The molecule has 0 aliphatic heterocycles. The highest BCUT2D eigenvalue weighted by molar-refractivity contribution is 5.54. The molecule has 0 saturated carbocycles. The van der Waals surface area contributed by atoms with Gasteiger partial charge in [0, 0.05) is 6.54 Å². The van der Waals surface area contributed by atoms with Gasteiger partial charge >= 0.3 is 0 Å². The zero-order valence-corrected chi connectivity index (χ0v) is 11.5. The van der Waals surface area contributed by atoms with Gasteiger partial charge in [-0.25, -0.2) is 0 Å². The smallest absolute Gasteiger partial charge is 0.143 e. The molecule has 2 N–H and O–H groups in total. The molecule has 0 bridgehead atoms. The number of hydrogen-bond acceptors (Lipinski definition) is 3. The first-order valence-corrected chi connectivity index (χ1v) is 6.35. The molecule has 0 aliphatic rings. The molecule has 0 saturated heterocycles. The van der Waals surface area contributed by atoms with Crippen LogP contribution in [0.1, 0.15) is 11.1 Å². The second-order valence-corrected chi connectivity index (χ2v) is 4.88. The maximum Gasteiger partial charge on any atom is 0.143 e. The van der Waals surface area contributed by atoms with Gasteiger partial charge in [-0.05, 0) is 37.4 Å². The van der Waals surface area contributed by atoms with Crippen LogP contribution in [0.25, 0.3) is 0 Å². The van der Waals surface area contributed by atoms with E-state index in [0.717, 1.165) is 17.9 Å². The van der Waals surface area contributed by atoms with Gasteiger partial charge in [-0.1, -0.05) is 36.4 Å². The Bertz CT molecular complexity index is 524. The number of ether oxygens (including phenoxy) is 1. The van der Waals surface area contributed by atoms with Crippen LogP contribution in [0, 0.1) is 0 Å². The van der Waals surface area contributed by atoms with Gasteiger partial charge in [-0.3, -0.25) is 0 Å². The Labute approximate surface area is 114 Å². The summed E-state index contributed by atoms with van der Waals surface area (Å²) >= 11 is 0. The molecule has 2 aromatic rings. The molecule has 100 valence electrons. The summed E-state index contributed by atoms with van der Waals surface area (Å²) in [6.45, 7) is 1.42. The van der Waals surface area contributed by atoms with E-state index in [-0.39, 0.29) is 0 Å². The second kappa shape index (κ2) is 6.25. The third kappa shape index (κ3) is 4.00. The van der Waals surface area contributed by atoms with Crippen LogP contribution in [-0.2, 0) is 13.2 Å². The summed E-state index contributed by atoms with van der Waals surface area (Å²) in [5, 5.41) is 0. The molecule has 0 amide bonds. The zero-order valence-electron chi connectivity index (χ0n) is 11.5. The Morgan fingerprint density at radius 3 is 2.42 bits per heavy atom. The van der Waals surface area contributed by atoms with Crippen molar-refractivity contribution in [3.8, 4) is 5.75 Å². The molecule has 0 aromatic heterocycles.